The summed E-state index contributed by atoms with van der Waals surface area (Å²) in [6.45, 7) is 2.91. The molecule has 0 saturated heterocycles. The van der Waals surface area contributed by atoms with Crippen molar-refractivity contribution >= 4 is 5.84 Å². The monoisotopic (exact) mass is 630 g/mol. The summed E-state index contributed by atoms with van der Waals surface area (Å²) in [4.78, 5) is 15.1. The zero-order valence-electron chi connectivity index (χ0n) is 27.5. The normalized spacial score (nSPS) is 15.4. The molecule has 2 aliphatic rings. The molecule has 1 atom stereocenters. The quantitative estimate of drug-likeness (QED) is 0.152. The van der Waals surface area contributed by atoms with Crippen molar-refractivity contribution < 1.29 is 0 Å². The molecule has 4 heteroatoms. The van der Waals surface area contributed by atoms with Gasteiger partial charge in [-0.2, -0.15) is 0 Å². The first kappa shape index (κ1) is 29.0. The van der Waals surface area contributed by atoms with E-state index in [2.05, 4.69) is 157 Å². The van der Waals surface area contributed by atoms with E-state index in [1.54, 1.807) is 0 Å². The highest BCUT2D eigenvalue weighted by Crippen LogP contribution is 2.63. The summed E-state index contributed by atoms with van der Waals surface area (Å²) in [6.07, 6.45) is 0. The number of nitrogens with zero attached hydrogens (tertiary/aromatic N) is 3. The Hall–Kier alpha value is -6.13. The van der Waals surface area contributed by atoms with Crippen LogP contribution in [0.3, 0.4) is 0 Å². The van der Waals surface area contributed by atoms with E-state index in [0.29, 0.717) is 5.82 Å². The lowest BCUT2D eigenvalue weighted by atomic mass is 9.70. The first-order valence-electron chi connectivity index (χ1n) is 16.9. The van der Waals surface area contributed by atoms with Gasteiger partial charge in [0, 0.05) is 35.8 Å². The average molecular weight is 631 g/mol. The third-order valence-electron chi connectivity index (χ3n) is 10.1. The Kier molecular flexibility index (Phi) is 6.84. The van der Waals surface area contributed by atoms with E-state index >= 15 is 0 Å². The van der Waals surface area contributed by atoms with Crippen molar-refractivity contribution in [3.8, 4) is 56.2 Å². The average Bonchev–Trinajstić information content (AvgIpc) is 3.64. The second-order valence-electron chi connectivity index (χ2n) is 12.7. The van der Waals surface area contributed by atoms with E-state index < -0.39 is 5.41 Å². The van der Waals surface area contributed by atoms with E-state index in [4.69, 9.17) is 9.97 Å². The Morgan fingerprint density at radius 3 is 1.61 bits per heavy atom. The van der Waals surface area contributed by atoms with Gasteiger partial charge in [-0.25, -0.2) is 9.97 Å². The van der Waals surface area contributed by atoms with Gasteiger partial charge in [0.05, 0.1) is 16.8 Å². The molecule has 49 heavy (non-hydrogen) atoms. The van der Waals surface area contributed by atoms with Crippen LogP contribution in [0.2, 0.25) is 0 Å². The molecule has 6 aromatic carbocycles. The number of amidine groups is 1. The first-order chi connectivity index (χ1) is 24.2. The van der Waals surface area contributed by atoms with Crippen LogP contribution < -0.4 is 5.32 Å². The van der Waals surface area contributed by atoms with Crippen LogP contribution in [0.25, 0.3) is 56.2 Å². The van der Waals surface area contributed by atoms with Crippen LogP contribution in [0.1, 0.15) is 34.7 Å². The molecule has 0 amide bonds. The lowest BCUT2D eigenvalue weighted by Gasteiger charge is -2.31. The van der Waals surface area contributed by atoms with Gasteiger partial charge in [0.15, 0.2) is 5.82 Å². The van der Waals surface area contributed by atoms with Crippen LogP contribution in [0.5, 0.6) is 0 Å². The predicted molar refractivity (Wildman–Crippen MR) is 201 cm³/mol. The van der Waals surface area contributed by atoms with Crippen LogP contribution in [-0.2, 0) is 5.41 Å². The van der Waals surface area contributed by atoms with Crippen molar-refractivity contribution in [2.45, 2.75) is 12.3 Å². The second kappa shape index (κ2) is 11.5. The number of aromatic nitrogens is 2. The second-order valence-corrected chi connectivity index (χ2v) is 12.7. The van der Waals surface area contributed by atoms with E-state index in [-0.39, 0.29) is 0 Å². The van der Waals surface area contributed by atoms with Crippen LogP contribution >= 0.6 is 0 Å². The minimum Gasteiger partial charge on any atom is -0.370 e. The lowest BCUT2D eigenvalue weighted by Crippen LogP contribution is -2.28. The highest BCUT2D eigenvalue weighted by atomic mass is 15.0. The van der Waals surface area contributed by atoms with Crippen molar-refractivity contribution in [2.24, 2.45) is 4.99 Å². The number of aliphatic imine (C=N–C) groups is 1. The first-order valence-corrected chi connectivity index (χ1v) is 16.9. The zero-order chi connectivity index (χ0) is 33.0. The number of fused-ring (bicyclic) bond motifs is 10. The fraction of sp³-hybridized carbons (Fsp3) is 0.0889. The molecular weight excluding hydrogens is 597 g/mol. The molecule has 0 radical (unpaired) electrons. The Morgan fingerprint density at radius 2 is 1.04 bits per heavy atom. The molecule has 234 valence electrons. The van der Waals surface area contributed by atoms with E-state index in [1.807, 2.05) is 19.2 Å². The fourth-order valence-electron chi connectivity index (χ4n) is 7.99. The van der Waals surface area contributed by atoms with Gasteiger partial charge < -0.3 is 5.32 Å². The highest BCUT2D eigenvalue weighted by molar-refractivity contribution is 6.02. The molecule has 1 unspecified atom stereocenters. The van der Waals surface area contributed by atoms with Gasteiger partial charge in [0.25, 0.3) is 0 Å². The third-order valence-corrected chi connectivity index (χ3v) is 10.1. The number of rotatable bonds is 5. The van der Waals surface area contributed by atoms with Gasteiger partial charge in [0.1, 0.15) is 5.84 Å². The van der Waals surface area contributed by atoms with Gasteiger partial charge in [-0.3, -0.25) is 4.99 Å². The SMILES string of the molecule is CCNC(=NC)c1ccc2c(c1)C1(c3ccccc3-2)c2ccccc2-c2ccc(-c3nc(-c4ccccc4)cc(-c4ccccc4)n3)cc21. The molecule has 1 heterocycles. The van der Waals surface area contributed by atoms with Crippen LogP contribution in [0.15, 0.2) is 157 Å². The molecule has 1 N–H and O–H groups in total. The molecule has 2 aliphatic carbocycles. The standard InChI is InChI=1S/C45H34N4/c1-3-47-43(46-2)31-22-24-35-33-18-10-12-20-37(33)45(39(35)26-31)38-21-13-11-19-34(38)36-25-23-32(27-40(36)45)44-48-41(29-14-6-4-7-15-29)28-42(49-44)30-16-8-5-9-17-30/h4-28H,3H2,1-2H3,(H,46,47). The maximum Gasteiger partial charge on any atom is 0.160 e. The minimum absolute atomic E-state index is 0.506. The topological polar surface area (TPSA) is 50.2 Å². The van der Waals surface area contributed by atoms with Crippen LogP contribution in [0, 0.1) is 0 Å². The maximum atomic E-state index is 5.21. The van der Waals surface area contributed by atoms with Gasteiger partial charge >= 0.3 is 0 Å². The Balaban J connectivity index is 1.32. The predicted octanol–water partition coefficient (Wildman–Crippen LogP) is 9.81. The highest BCUT2D eigenvalue weighted by Gasteiger charge is 2.51. The van der Waals surface area contributed by atoms with Crippen molar-refractivity contribution in [1.29, 1.82) is 0 Å². The van der Waals surface area contributed by atoms with Crippen molar-refractivity contribution in [1.82, 2.24) is 15.3 Å². The number of benzene rings is 6. The molecule has 4 nitrogen and oxygen atoms in total. The maximum absolute atomic E-state index is 5.21. The smallest absolute Gasteiger partial charge is 0.160 e. The summed E-state index contributed by atoms with van der Waals surface area (Å²) in [5.74, 6) is 1.61. The van der Waals surface area contributed by atoms with Gasteiger partial charge in [-0.05, 0) is 69.6 Å². The molecule has 0 fully saturated rings. The molecule has 0 saturated carbocycles. The number of hydrogen-bond donors (Lipinski definition) is 1. The Bertz CT molecular complexity index is 2340. The summed E-state index contributed by atoms with van der Waals surface area (Å²) in [5, 5.41) is 3.48. The molecule has 7 aromatic rings. The van der Waals surface area contributed by atoms with Crippen LogP contribution in [-0.4, -0.2) is 29.4 Å². The van der Waals surface area contributed by atoms with Gasteiger partial charge in [-0.1, -0.05) is 133 Å². The molecule has 1 aromatic heterocycles. The van der Waals surface area contributed by atoms with Crippen LogP contribution in [0.4, 0.5) is 0 Å². The summed E-state index contributed by atoms with van der Waals surface area (Å²) < 4.78 is 0. The summed E-state index contributed by atoms with van der Waals surface area (Å²) >= 11 is 0. The number of nitrogens with one attached hydrogen (secondary N) is 1. The summed E-state index contributed by atoms with van der Waals surface area (Å²) in [5.41, 5.74) is 15.7. The molecule has 1 spiro atoms. The van der Waals surface area contributed by atoms with Crippen molar-refractivity contribution in [3.63, 3.8) is 0 Å². The van der Waals surface area contributed by atoms with E-state index in [9.17, 15) is 0 Å². The van der Waals surface area contributed by atoms with Gasteiger partial charge in [0.2, 0.25) is 0 Å². The van der Waals surface area contributed by atoms with E-state index in [1.165, 1.54) is 44.5 Å². The Morgan fingerprint density at radius 1 is 0.531 bits per heavy atom. The molecular formula is C45H34N4. The summed E-state index contributed by atoms with van der Waals surface area (Å²) in [7, 11) is 1.86. The van der Waals surface area contributed by atoms with Crippen molar-refractivity contribution in [3.05, 3.63) is 179 Å². The molecule has 9 rings (SSSR count). The molecule has 0 aliphatic heterocycles. The summed E-state index contributed by atoms with van der Waals surface area (Å²) in [6, 6.07) is 54.3. The van der Waals surface area contributed by atoms with E-state index in [0.717, 1.165) is 46.0 Å². The third kappa shape index (κ3) is 4.41. The number of hydrogen-bond acceptors (Lipinski definition) is 3. The Labute approximate surface area is 286 Å². The zero-order valence-corrected chi connectivity index (χ0v) is 27.5. The van der Waals surface area contributed by atoms with Crippen molar-refractivity contribution in [2.75, 3.05) is 13.6 Å². The molecule has 0 bridgehead atoms. The minimum atomic E-state index is -0.506. The lowest BCUT2D eigenvalue weighted by molar-refractivity contribution is 0.793. The van der Waals surface area contributed by atoms with Gasteiger partial charge in [-0.15, -0.1) is 0 Å². The largest absolute Gasteiger partial charge is 0.370 e. The fourth-order valence-corrected chi connectivity index (χ4v) is 7.99.